The second-order valence-corrected chi connectivity index (χ2v) is 7.56. The summed E-state index contributed by atoms with van der Waals surface area (Å²) in [5.41, 5.74) is 6.62. The Balaban J connectivity index is 1.96. The average molecular weight is 344 g/mol. The van der Waals surface area contributed by atoms with E-state index in [1.165, 1.54) is 17.5 Å². The molecule has 1 heteroatoms. The van der Waals surface area contributed by atoms with Crippen LogP contribution in [-0.2, 0) is 4.79 Å². The van der Waals surface area contributed by atoms with Gasteiger partial charge in [0, 0.05) is 11.1 Å². The highest BCUT2D eigenvalue weighted by atomic mass is 16.1. The average Bonchev–Trinajstić information content (AvgIpc) is 2.59. The highest BCUT2D eigenvalue weighted by Gasteiger charge is 2.27. The van der Waals surface area contributed by atoms with Crippen LogP contribution in [0.3, 0.4) is 0 Å². The SMILES string of the molecule is CCCC1CC(=Cc2cccc(C)c2)C(=O)C(=Cc2cccc(C)c2)C1. The smallest absolute Gasteiger partial charge is 0.185 e. The van der Waals surface area contributed by atoms with E-state index in [1.54, 1.807) is 0 Å². The third-order valence-corrected chi connectivity index (χ3v) is 5.06. The Morgan fingerprint density at radius 1 is 0.885 bits per heavy atom. The van der Waals surface area contributed by atoms with Crippen molar-refractivity contribution < 1.29 is 4.79 Å². The molecule has 2 aromatic carbocycles. The number of allylic oxidation sites excluding steroid dienone is 2. The van der Waals surface area contributed by atoms with Crippen LogP contribution in [0.1, 0.15) is 54.9 Å². The molecule has 0 atom stereocenters. The maximum Gasteiger partial charge on any atom is 0.185 e. The Kier molecular flexibility index (Phi) is 5.88. The molecule has 1 aliphatic rings. The normalized spacial score (nSPS) is 20.7. The molecule has 0 aliphatic heterocycles. The minimum absolute atomic E-state index is 0.223. The van der Waals surface area contributed by atoms with Gasteiger partial charge in [0.05, 0.1) is 0 Å². The van der Waals surface area contributed by atoms with Crippen LogP contribution in [0.15, 0.2) is 59.7 Å². The van der Waals surface area contributed by atoms with Crippen LogP contribution in [0.4, 0.5) is 0 Å². The van der Waals surface area contributed by atoms with E-state index in [1.807, 2.05) is 0 Å². The fourth-order valence-electron chi connectivity index (χ4n) is 3.87. The second kappa shape index (κ2) is 8.31. The molecular weight excluding hydrogens is 316 g/mol. The number of rotatable bonds is 4. The Morgan fingerprint density at radius 3 is 1.81 bits per heavy atom. The molecule has 0 heterocycles. The predicted octanol–water partition coefficient (Wildman–Crippen LogP) is 6.55. The summed E-state index contributed by atoms with van der Waals surface area (Å²) in [6.45, 7) is 6.41. The van der Waals surface area contributed by atoms with Crippen LogP contribution in [0.2, 0.25) is 0 Å². The predicted molar refractivity (Wildman–Crippen MR) is 111 cm³/mol. The summed E-state index contributed by atoms with van der Waals surface area (Å²) in [5, 5.41) is 0. The molecule has 1 saturated carbocycles. The molecule has 2 aromatic rings. The van der Waals surface area contributed by atoms with Gasteiger partial charge < -0.3 is 0 Å². The van der Waals surface area contributed by atoms with E-state index in [4.69, 9.17) is 0 Å². The number of hydrogen-bond acceptors (Lipinski definition) is 1. The summed E-state index contributed by atoms with van der Waals surface area (Å²) in [6, 6.07) is 16.8. The maximum absolute atomic E-state index is 13.1. The third kappa shape index (κ3) is 4.60. The molecule has 3 rings (SSSR count). The van der Waals surface area contributed by atoms with Crippen LogP contribution in [0.25, 0.3) is 12.2 Å². The van der Waals surface area contributed by atoms with Gasteiger partial charge in [0.2, 0.25) is 0 Å². The van der Waals surface area contributed by atoms with E-state index < -0.39 is 0 Å². The largest absolute Gasteiger partial charge is 0.289 e. The summed E-state index contributed by atoms with van der Waals surface area (Å²) < 4.78 is 0. The molecule has 0 saturated heterocycles. The highest BCUT2D eigenvalue weighted by molar-refractivity contribution is 6.14. The van der Waals surface area contributed by atoms with Crippen molar-refractivity contribution >= 4 is 17.9 Å². The molecule has 26 heavy (non-hydrogen) atoms. The Hall–Kier alpha value is -2.41. The van der Waals surface area contributed by atoms with Gasteiger partial charge in [-0.15, -0.1) is 0 Å². The Morgan fingerprint density at radius 2 is 1.38 bits per heavy atom. The fourth-order valence-corrected chi connectivity index (χ4v) is 3.87. The van der Waals surface area contributed by atoms with Crippen molar-refractivity contribution in [3.05, 3.63) is 81.9 Å². The second-order valence-electron chi connectivity index (χ2n) is 7.56. The lowest BCUT2D eigenvalue weighted by atomic mass is 9.78. The Labute approximate surface area is 157 Å². The third-order valence-electron chi connectivity index (χ3n) is 5.06. The number of ketones is 1. The van der Waals surface area contributed by atoms with Crippen molar-refractivity contribution in [2.45, 2.75) is 46.5 Å². The lowest BCUT2D eigenvalue weighted by molar-refractivity contribution is -0.113. The van der Waals surface area contributed by atoms with Gasteiger partial charge in [0.1, 0.15) is 0 Å². The van der Waals surface area contributed by atoms with Crippen LogP contribution in [0.5, 0.6) is 0 Å². The molecule has 0 aromatic heterocycles. The van der Waals surface area contributed by atoms with E-state index in [2.05, 4.69) is 81.5 Å². The first kappa shape index (κ1) is 18.4. The topological polar surface area (TPSA) is 17.1 Å². The summed E-state index contributed by atoms with van der Waals surface area (Å²) in [5.74, 6) is 0.783. The van der Waals surface area contributed by atoms with Gasteiger partial charge in [-0.2, -0.15) is 0 Å². The molecule has 134 valence electrons. The molecule has 0 bridgehead atoms. The van der Waals surface area contributed by atoms with Crippen molar-refractivity contribution in [1.29, 1.82) is 0 Å². The van der Waals surface area contributed by atoms with Crippen molar-refractivity contribution in [1.82, 2.24) is 0 Å². The van der Waals surface area contributed by atoms with Crippen molar-refractivity contribution in [2.75, 3.05) is 0 Å². The molecular formula is C25H28O. The number of carbonyl (C=O) groups is 1. The van der Waals surface area contributed by atoms with Crippen LogP contribution in [0, 0.1) is 19.8 Å². The first-order valence-corrected chi connectivity index (χ1v) is 9.64. The van der Waals surface area contributed by atoms with Gasteiger partial charge in [0.15, 0.2) is 5.78 Å². The molecule has 0 spiro atoms. The molecule has 0 amide bonds. The molecule has 0 unspecified atom stereocenters. The van der Waals surface area contributed by atoms with Gasteiger partial charge in [-0.1, -0.05) is 79.4 Å². The zero-order valence-electron chi connectivity index (χ0n) is 16.1. The van der Waals surface area contributed by atoms with Crippen molar-refractivity contribution in [3.8, 4) is 0 Å². The summed E-state index contributed by atoms with van der Waals surface area (Å²) in [7, 11) is 0. The Bertz CT molecular complexity index is 786. The lowest BCUT2D eigenvalue weighted by Gasteiger charge is -2.25. The van der Waals surface area contributed by atoms with Gasteiger partial charge in [0.25, 0.3) is 0 Å². The fraction of sp³-hybridized carbons (Fsp3) is 0.320. The maximum atomic E-state index is 13.1. The zero-order chi connectivity index (χ0) is 18.5. The molecule has 1 nitrogen and oxygen atoms in total. The van der Waals surface area contributed by atoms with E-state index in [0.717, 1.165) is 41.5 Å². The van der Waals surface area contributed by atoms with Gasteiger partial charge in [-0.3, -0.25) is 4.79 Å². The number of aryl methyl sites for hydroxylation is 2. The summed E-state index contributed by atoms with van der Waals surface area (Å²) in [4.78, 5) is 13.1. The number of hydrogen-bond donors (Lipinski definition) is 0. The van der Waals surface area contributed by atoms with E-state index in [0.29, 0.717) is 5.92 Å². The molecule has 0 radical (unpaired) electrons. The number of benzene rings is 2. The molecule has 0 N–H and O–H groups in total. The number of carbonyl (C=O) groups excluding carboxylic acids is 1. The van der Waals surface area contributed by atoms with Crippen molar-refractivity contribution in [2.24, 2.45) is 5.92 Å². The summed E-state index contributed by atoms with van der Waals surface area (Å²) >= 11 is 0. The molecule has 1 fully saturated rings. The van der Waals surface area contributed by atoms with Crippen LogP contribution < -0.4 is 0 Å². The standard InChI is InChI=1S/C25H28O/c1-4-7-20-14-23(16-21-10-5-8-18(2)12-21)25(26)24(15-20)17-22-11-6-9-19(3)13-22/h5-6,8-13,16-17,20H,4,7,14-15H2,1-3H3. The van der Waals surface area contributed by atoms with E-state index in [9.17, 15) is 4.79 Å². The monoisotopic (exact) mass is 344 g/mol. The van der Waals surface area contributed by atoms with Crippen molar-refractivity contribution in [3.63, 3.8) is 0 Å². The van der Waals surface area contributed by atoms with Gasteiger partial charge in [-0.25, -0.2) is 0 Å². The first-order chi connectivity index (χ1) is 12.5. The summed E-state index contributed by atoms with van der Waals surface area (Å²) in [6.07, 6.45) is 8.32. The van der Waals surface area contributed by atoms with E-state index in [-0.39, 0.29) is 5.78 Å². The minimum Gasteiger partial charge on any atom is -0.289 e. The molecule has 1 aliphatic carbocycles. The van der Waals surface area contributed by atoms with Crippen LogP contribution in [-0.4, -0.2) is 5.78 Å². The van der Waals surface area contributed by atoms with Gasteiger partial charge in [-0.05, 0) is 55.9 Å². The minimum atomic E-state index is 0.223. The quantitative estimate of drug-likeness (QED) is 0.575. The zero-order valence-corrected chi connectivity index (χ0v) is 16.1. The van der Waals surface area contributed by atoms with Crippen LogP contribution >= 0.6 is 0 Å². The number of Topliss-reactive ketones (excluding diaryl/α,β-unsaturated/α-hetero) is 1. The van der Waals surface area contributed by atoms with E-state index >= 15 is 0 Å². The first-order valence-electron chi connectivity index (χ1n) is 9.64. The van der Waals surface area contributed by atoms with Gasteiger partial charge >= 0.3 is 0 Å². The lowest BCUT2D eigenvalue weighted by Crippen LogP contribution is -2.20. The highest BCUT2D eigenvalue weighted by Crippen LogP contribution is 2.35.